The van der Waals surface area contributed by atoms with Crippen molar-refractivity contribution in [1.82, 2.24) is 0 Å². The maximum atomic E-state index is 13.4. The van der Waals surface area contributed by atoms with Gasteiger partial charge >= 0.3 is 0 Å². The van der Waals surface area contributed by atoms with Gasteiger partial charge in [-0.15, -0.1) is 0 Å². The Morgan fingerprint density at radius 3 is 3.07 bits per heavy atom. The molecule has 80 valence electrons. The minimum absolute atomic E-state index is 0.130. The number of oxime groups is 1. The normalized spacial score (nSPS) is 19.9. The summed E-state index contributed by atoms with van der Waals surface area (Å²) < 4.78 is 13.4. The van der Waals surface area contributed by atoms with Crippen molar-refractivity contribution in [2.75, 3.05) is 6.61 Å². The number of aliphatic hydroxyl groups is 1. The number of halogens is 2. The van der Waals surface area contributed by atoms with Crippen molar-refractivity contribution in [3.63, 3.8) is 0 Å². The van der Waals surface area contributed by atoms with Crippen LogP contribution in [-0.2, 0) is 4.84 Å². The van der Waals surface area contributed by atoms with Crippen LogP contribution < -0.4 is 0 Å². The molecule has 1 N–H and O–H groups in total. The van der Waals surface area contributed by atoms with Crippen LogP contribution in [0.15, 0.2) is 23.4 Å². The second-order valence-corrected chi connectivity index (χ2v) is 3.71. The molecule has 15 heavy (non-hydrogen) atoms. The first kappa shape index (κ1) is 10.4. The molecular weight excluding hydrogens is 221 g/mol. The lowest BCUT2D eigenvalue weighted by molar-refractivity contribution is 0.0390. The molecule has 1 atom stereocenters. The maximum absolute atomic E-state index is 13.4. The molecule has 0 spiro atoms. The first-order chi connectivity index (χ1) is 7.20. The first-order valence-corrected chi connectivity index (χ1v) is 4.87. The number of aliphatic hydroxyl groups excluding tert-OH is 1. The van der Waals surface area contributed by atoms with Crippen molar-refractivity contribution in [3.05, 3.63) is 34.6 Å². The van der Waals surface area contributed by atoms with Gasteiger partial charge in [0.1, 0.15) is 5.82 Å². The molecule has 0 amide bonds. The molecule has 1 unspecified atom stereocenters. The largest absolute Gasteiger partial charge is 0.392 e. The summed E-state index contributed by atoms with van der Waals surface area (Å²) in [6.07, 6.45) is 0.0201. The average Bonchev–Trinajstić information content (AvgIpc) is 2.70. The summed E-state index contributed by atoms with van der Waals surface area (Å²) in [5, 5.41) is 13.0. The Labute approximate surface area is 91.1 Å². The SMILES string of the molecule is OCC1CC(c2cc(Cl)ccc2F)=NO1. The van der Waals surface area contributed by atoms with Crippen molar-refractivity contribution in [1.29, 1.82) is 0 Å². The van der Waals surface area contributed by atoms with E-state index in [9.17, 15) is 4.39 Å². The van der Waals surface area contributed by atoms with Crippen LogP contribution in [0, 0.1) is 5.82 Å². The molecule has 1 aliphatic rings. The van der Waals surface area contributed by atoms with Crippen molar-refractivity contribution in [3.8, 4) is 0 Å². The van der Waals surface area contributed by atoms with Gasteiger partial charge in [-0.3, -0.25) is 0 Å². The van der Waals surface area contributed by atoms with Crippen LogP contribution >= 0.6 is 11.6 Å². The van der Waals surface area contributed by atoms with Crippen LogP contribution in [0.5, 0.6) is 0 Å². The minimum atomic E-state index is -0.389. The van der Waals surface area contributed by atoms with Crippen molar-refractivity contribution in [2.45, 2.75) is 12.5 Å². The highest BCUT2D eigenvalue weighted by Gasteiger charge is 2.23. The van der Waals surface area contributed by atoms with Gasteiger partial charge in [-0.2, -0.15) is 0 Å². The van der Waals surface area contributed by atoms with Gasteiger partial charge in [0.05, 0.1) is 12.3 Å². The summed E-state index contributed by atoms with van der Waals surface area (Å²) in [5.41, 5.74) is 0.813. The van der Waals surface area contributed by atoms with E-state index in [1.165, 1.54) is 18.2 Å². The lowest BCUT2D eigenvalue weighted by Crippen LogP contribution is -2.13. The van der Waals surface area contributed by atoms with Gasteiger partial charge in [0.2, 0.25) is 0 Å². The molecule has 1 heterocycles. The van der Waals surface area contributed by atoms with Gasteiger partial charge in [-0.25, -0.2) is 4.39 Å². The molecule has 0 bridgehead atoms. The highest BCUT2D eigenvalue weighted by atomic mass is 35.5. The Morgan fingerprint density at radius 2 is 2.40 bits per heavy atom. The Balaban J connectivity index is 2.27. The predicted molar refractivity (Wildman–Crippen MR) is 54.5 cm³/mol. The van der Waals surface area contributed by atoms with Gasteiger partial charge < -0.3 is 9.94 Å². The second kappa shape index (κ2) is 4.16. The van der Waals surface area contributed by atoms with E-state index in [1.807, 2.05) is 0 Å². The molecule has 0 aromatic heterocycles. The first-order valence-electron chi connectivity index (χ1n) is 4.49. The van der Waals surface area contributed by atoms with Crippen molar-refractivity contribution < 1.29 is 14.3 Å². The second-order valence-electron chi connectivity index (χ2n) is 3.28. The molecule has 0 aliphatic carbocycles. The molecule has 3 nitrogen and oxygen atoms in total. The molecule has 0 saturated carbocycles. The maximum Gasteiger partial charge on any atom is 0.156 e. The van der Waals surface area contributed by atoms with E-state index in [0.29, 0.717) is 22.7 Å². The summed E-state index contributed by atoms with van der Waals surface area (Å²) in [6.45, 7) is -0.130. The van der Waals surface area contributed by atoms with Gasteiger partial charge in [0.15, 0.2) is 6.10 Å². The fourth-order valence-corrected chi connectivity index (χ4v) is 1.58. The highest BCUT2D eigenvalue weighted by Crippen LogP contribution is 2.21. The summed E-state index contributed by atoms with van der Waals surface area (Å²) in [7, 11) is 0. The molecule has 1 aromatic rings. The highest BCUT2D eigenvalue weighted by molar-refractivity contribution is 6.31. The molecule has 0 radical (unpaired) electrons. The predicted octanol–water partition coefficient (Wildman–Crippen LogP) is 1.96. The zero-order chi connectivity index (χ0) is 10.8. The van der Waals surface area contributed by atoms with Crippen molar-refractivity contribution in [2.24, 2.45) is 5.16 Å². The number of benzene rings is 1. The van der Waals surface area contributed by atoms with Crippen LogP contribution in [0.4, 0.5) is 4.39 Å². The van der Waals surface area contributed by atoms with Gasteiger partial charge in [-0.1, -0.05) is 16.8 Å². The van der Waals surface area contributed by atoms with E-state index < -0.39 is 0 Å². The zero-order valence-electron chi connectivity index (χ0n) is 7.78. The Hall–Kier alpha value is -1.13. The van der Waals surface area contributed by atoms with Crippen molar-refractivity contribution >= 4 is 17.3 Å². The molecule has 5 heteroatoms. The number of hydrogen-bond acceptors (Lipinski definition) is 3. The zero-order valence-corrected chi connectivity index (χ0v) is 8.54. The van der Waals surface area contributed by atoms with Crippen LogP contribution in [-0.4, -0.2) is 23.5 Å². The van der Waals surface area contributed by atoms with E-state index in [1.54, 1.807) is 0 Å². The Kier molecular flexibility index (Phi) is 2.88. The van der Waals surface area contributed by atoms with Gasteiger partial charge in [0, 0.05) is 17.0 Å². The van der Waals surface area contributed by atoms with Crippen LogP contribution in [0.1, 0.15) is 12.0 Å². The fraction of sp³-hybridized carbons (Fsp3) is 0.300. The minimum Gasteiger partial charge on any atom is -0.392 e. The van der Waals surface area contributed by atoms with Crippen LogP contribution in [0.2, 0.25) is 5.02 Å². The van der Waals surface area contributed by atoms with Gasteiger partial charge in [-0.05, 0) is 18.2 Å². The summed E-state index contributed by atoms with van der Waals surface area (Å²) >= 11 is 5.75. The number of hydrogen-bond donors (Lipinski definition) is 1. The van der Waals surface area contributed by atoms with Gasteiger partial charge in [0.25, 0.3) is 0 Å². The van der Waals surface area contributed by atoms with E-state index in [2.05, 4.69) is 5.16 Å². The molecule has 0 saturated heterocycles. The number of rotatable bonds is 2. The Morgan fingerprint density at radius 1 is 1.60 bits per heavy atom. The third-order valence-corrected chi connectivity index (χ3v) is 2.41. The molecule has 2 rings (SSSR count). The quantitative estimate of drug-likeness (QED) is 0.843. The molecular formula is C10H9ClFNO2. The van der Waals surface area contributed by atoms with Crippen LogP contribution in [0.3, 0.4) is 0 Å². The Bertz CT molecular complexity index is 408. The van der Waals surface area contributed by atoms with E-state index >= 15 is 0 Å². The third-order valence-electron chi connectivity index (χ3n) is 2.18. The lowest BCUT2D eigenvalue weighted by Gasteiger charge is -2.03. The average molecular weight is 230 g/mol. The monoisotopic (exact) mass is 229 g/mol. The van der Waals surface area contributed by atoms with E-state index in [-0.39, 0.29) is 18.5 Å². The topological polar surface area (TPSA) is 41.8 Å². The number of nitrogens with zero attached hydrogens (tertiary/aromatic N) is 1. The van der Waals surface area contributed by atoms with E-state index in [4.69, 9.17) is 21.5 Å². The third kappa shape index (κ3) is 2.11. The lowest BCUT2D eigenvalue weighted by atomic mass is 10.0. The summed E-state index contributed by atoms with van der Waals surface area (Å²) in [5.74, 6) is -0.389. The molecule has 1 aliphatic heterocycles. The molecule has 1 aromatic carbocycles. The summed E-state index contributed by atoms with van der Waals surface area (Å²) in [6, 6.07) is 4.26. The standard InChI is InChI=1S/C10H9ClFNO2/c11-6-1-2-9(12)8(3-6)10-4-7(5-14)15-13-10/h1-3,7,14H,4-5H2. The summed E-state index contributed by atoms with van der Waals surface area (Å²) in [4.78, 5) is 4.89. The smallest absolute Gasteiger partial charge is 0.156 e. The van der Waals surface area contributed by atoms with Crippen LogP contribution in [0.25, 0.3) is 0 Å². The fourth-order valence-electron chi connectivity index (χ4n) is 1.40. The molecule has 0 fully saturated rings. The van der Waals surface area contributed by atoms with E-state index in [0.717, 1.165) is 0 Å².